The maximum absolute atomic E-state index is 13.4. The number of carbonyl (C=O) groups excluding carboxylic acids is 3. The molecule has 4 heterocycles. The molecule has 3 aromatic rings. The molecule has 72 heavy (non-hydrogen) atoms. The number of aromatic nitrogens is 2. The molecular weight excluding hydrogens is 915 g/mol. The first-order chi connectivity index (χ1) is 34.6. The van der Waals surface area contributed by atoms with Gasteiger partial charge in [0.1, 0.15) is 35.5 Å². The predicted molar refractivity (Wildman–Crippen MR) is 276 cm³/mol. The van der Waals surface area contributed by atoms with E-state index in [0.29, 0.717) is 84.7 Å². The Bertz CT molecular complexity index is 2510. The van der Waals surface area contributed by atoms with Gasteiger partial charge >= 0.3 is 0 Å². The first-order valence-corrected chi connectivity index (χ1v) is 25.8. The number of nitrogens with zero attached hydrogens (tertiary/aromatic N) is 8. The van der Waals surface area contributed by atoms with Crippen molar-refractivity contribution >= 4 is 41.2 Å². The lowest BCUT2D eigenvalue weighted by atomic mass is 9.49. The normalized spacial score (nSPS) is 22.8. The molecule has 3 N–H and O–H groups in total. The molecule has 1 aromatic heterocycles. The summed E-state index contributed by atoms with van der Waals surface area (Å²) in [5, 5.41) is 18.8. The molecule has 386 valence electrons. The number of unbranched alkanes of at least 4 members (excludes halogenated alkanes) is 1. The lowest BCUT2D eigenvalue weighted by Gasteiger charge is -2.63. The van der Waals surface area contributed by atoms with E-state index in [4.69, 9.17) is 28.9 Å². The highest BCUT2D eigenvalue weighted by molar-refractivity contribution is 6.10. The van der Waals surface area contributed by atoms with Crippen LogP contribution in [0.25, 0.3) is 0 Å². The highest BCUT2D eigenvalue weighted by atomic mass is 16.5. The third-order valence-corrected chi connectivity index (χ3v) is 15.3. The number of piperidine rings is 1. The number of anilines is 2. The molecular formula is C54H73N11O7. The number of ether oxygens (including phenoxy) is 4. The quantitative estimate of drug-likeness (QED) is 0.109. The van der Waals surface area contributed by atoms with E-state index in [-0.39, 0.29) is 58.9 Å². The topological polar surface area (TPSA) is 208 Å². The summed E-state index contributed by atoms with van der Waals surface area (Å²) >= 11 is 0. The maximum Gasteiger partial charge on any atom is 0.254 e. The molecule has 0 bridgehead atoms. The number of rotatable bonds is 19. The van der Waals surface area contributed by atoms with Crippen LogP contribution in [0.2, 0.25) is 0 Å². The number of hydrogen-bond acceptors (Lipinski definition) is 15. The molecule has 0 radical (unpaired) electrons. The number of piperazine rings is 1. The minimum absolute atomic E-state index is 0.133. The summed E-state index contributed by atoms with van der Waals surface area (Å²) in [6.07, 6.45) is 11.8. The summed E-state index contributed by atoms with van der Waals surface area (Å²) in [5.74, 6) is 2.84. The summed E-state index contributed by atoms with van der Waals surface area (Å²) in [4.78, 5) is 64.9. The monoisotopic (exact) mass is 988 g/mol. The number of nitrogens with one attached hydrogen (secondary N) is 3. The van der Waals surface area contributed by atoms with Crippen molar-refractivity contribution in [1.82, 2.24) is 30.4 Å². The number of hydrogen-bond donors (Lipinski definition) is 3. The van der Waals surface area contributed by atoms with Crippen LogP contribution in [-0.2, 0) is 14.3 Å². The number of methoxy groups -OCH3 is 1. The fraction of sp³-hybridized carbons (Fsp3) is 0.593. The van der Waals surface area contributed by atoms with E-state index in [0.717, 1.165) is 82.3 Å². The summed E-state index contributed by atoms with van der Waals surface area (Å²) in [6, 6.07) is 12.7. The molecule has 18 heteroatoms. The minimum atomic E-state index is -0.348. The van der Waals surface area contributed by atoms with Gasteiger partial charge in [-0.1, -0.05) is 47.5 Å². The van der Waals surface area contributed by atoms with Crippen LogP contribution in [0.15, 0.2) is 58.8 Å². The Morgan fingerprint density at radius 1 is 0.917 bits per heavy atom. The van der Waals surface area contributed by atoms with Gasteiger partial charge in [-0.2, -0.15) is 10.3 Å². The van der Waals surface area contributed by atoms with Gasteiger partial charge in [-0.15, -0.1) is 0 Å². The Morgan fingerprint density at radius 3 is 2.32 bits per heavy atom. The molecule has 4 fully saturated rings. The molecule has 2 saturated carbocycles. The van der Waals surface area contributed by atoms with Crippen LogP contribution < -0.4 is 30.3 Å². The van der Waals surface area contributed by atoms with Crippen molar-refractivity contribution in [2.45, 2.75) is 136 Å². The molecule has 2 atom stereocenters. The van der Waals surface area contributed by atoms with Crippen LogP contribution in [0.1, 0.15) is 124 Å². The van der Waals surface area contributed by atoms with Crippen molar-refractivity contribution in [3.05, 3.63) is 71.0 Å². The number of carbonyl (C=O) groups is 3. The number of likely N-dealkylation sites (N-methyl/N-ethyl adjacent to an activating group) is 1. The lowest BCUT2D eigenvalue weighted by molar-refractivity contribution is -0.164. The molecule has 18 nitrogen and oxygen atoms in total. The van der Waals surface area contributed by atoms with Gasteiger partial charge in [0, 0.05) is 80.8 Å². The Hall–Kier alpha value is -6.32. The summed E-state index contributed by atoms with van der Waals surface area (Å²) in [5.41, 5.74) is 2.31. The second-order valence-corrected chi connectivity index (χ2v) is 20.9. The fourth-order valence-corrected chi connectivity index (χ4v) is 11.6. The smallest absolute Gasteiger partial charge is 0.254 e. The Labute approximate surface area is 424 Å². The highest BCUT2D eigenvalue weighted by Crippen LogP contribution is 2.55. The number of fused-ring (bicyclic) bond motifs is 1. The molecule has 3 amide bonds. The largest absolute Gasteiger partial charge is 0.495 e. The third-order valence-electron chi connectivity index (χ3n) is 15.3. The fourth-order valence-electron chi connectivity index (χ4n) is 11.6. The average Bonchev–Trinajstić information content (AvgIpc) is 3.92. The Kier molecular flexibility index (Phi) is 16.3. The molecule has 1 unspecified atom stereocenters. The number of benzene rings is 2. The molecule has 5 aliphatic rings. The number of nitriles is 1. The van der Waals surface area contributed by atoms with Crippen LogP contribution in [0.4, 0.5) is 11.6 Å². The van der Waals surface area contributed by atoms with E-state index in [2.05, 4.69) is 76.4 Å². The van der Waals surface area contributed by atoms with Gasteiger partial charge in [-0.05, 0) is 93.8 Å². The van der Waals surface area contributed by atoms with Crippen molar-refractivity contribution in [2.24, 2.45) is 20.8 Å². The van der Waals surface area contributed by atoms with Gasteiger partial charge in [0.2, 0.25) is 17.8 Å². The molecule has 2 saturated heterocycles. The minimum Gasteiger partial charge on any atom is -0.495 e. The van der Waals surface area contributed by atoms with Gasteiger partial charge in [0.05, 0.1) is 49.2 Å². The molecule has 2 aromatic carbocycles. The van der Waals surface area contributed by atoms with E-state index < -0.39 is 0 Å². The number of aryl methyl sites for hydroxylation is 1. The van der Waals surface area contributed by atoms with Crippen LogP contribution in [0.3, 0.4) is 0 Å². The van der Waals surface area contributed by atoms with Crippen molar-refractivity contribution in [1.29, 1.82) is 5.26 Å². The number of amides is 3. The molecule has 3 aliphatic heterocycles. The van der Waals surface area contributed by atoms with Crippen molar-refractivity contribution in [2.75, 3.05) is 70.4 Å². The zero-order valence-electron chi connectivity index (χ0n) is 43.3. The average molecular weight is 988 g/mol. The van der Waals surface area contributed by atoms with Crippen LogP contribution in [0, 0.1) is 29.1 Å². The van der Waals surface area contributed by atoms with Gasteiger partial charge < -0.3 is 49.6 Å². The SMILES string of the molecule is CC[C@@H]1C(=O)N(C)C2CN=C(Nc3ccc(C(=O)NCCOCCCCOC4CCN(c5ncc(C(=O)NC6C(C)(C)C(Oc7ccc(C#N)c(C)c7)C6(C)C)cn5)CC4)cc3OC)N=C2N1C1CCCC1. The van der Waals surface area contributed by atoms with Gasteiger partial charge in [0.25, 0.3) is 11.8 Å². The second kappa shape index (κ2) is 22.6. The van der Waals surface area contributed by atoms with Crippen molar-refractivity contribution in [3.63, 3.8) is 0 Å². The Morgan fingerprint density at radius 2 is 1.64 bits per heavy atom. The van der Waals surface area contributed by atoms with Crippen molar-refractivity contribution < 1.29 is 33.3 Å². The van der Waals surface area contributed by atoms with Gasteiger partial charge in [-0.3, -0.25) is 14.4 Å². The molecule has 2 aliphatic carbocycles. The summed E-state index contributed by atoms with van der Waals surface area (Å²) < 4.78 is 24.1. The third kappa shape index (κ3) is 11.2. The van der Waals surface area contributed by atoms with Gasteiger partial charge in [-0.25, -0.2) is 15.0 Å². The van der Waals surface area contributed by atoms with Crippen LogP contribution in [-0.4, -0.2) is 146 Å². The maximum atomic E-state index is 13.4. The van der Waals surface area contributed by atoms with E-state index in [1.165, 1.54) is 0 Å². The van der Waals surface area contributed by atoms with E-state index in [1.807, 2.05) is 26.1 Å². The lowest BCUT2D eigenvalue weighted by Crippen LogP contribution is -2.74. The van der Waals surface area contributed by atoms with E-state index >= 15 is 0 Å². The van der Waals surface area contributed by atoms with Crippen LogP contribution in [0.5, 0.6) is 11.5 Å². The van der Waals surface area contributed by atoms with E-state index in [1.54, 1.807) is 48.7 Å². The standard InChI is InChI=1S/C54H73N11O7/c1-9-42-48(68)63(7)43-33-57-51(61-45(43)65(42)38-14-10-11-15-38)60-41-19-17-35(29-44(41)69-8)46(66)56-22-27-70-25-12-13-26-71-39-20-23-64(24-21-39)52-58-31-37(32-59-52)47(67)62-49-53(3,4)50(54(49,5)6)72-40-18-16-36(30-55)34(2)28-40/h16-19,28-29,31-32,38-39,42-43,49-50H,9-15,20-27,33H2,1-8H3,(H,56,66)(H,57,60)(H,62,67)/t42-,43?,49?,50?/m1/s1. The van der Waals surface area contributed by atoms with Gasteiger partial charge in [0.15, 0.2) is 0 Å². The molecule has 0 spiro atoms. The number of guanidine groups is 1. The van der Waals surface area contributed by atoms with E-state index in [9.17, 15) is 19.6 Å². The zero-order valence-corrected chi connectivity index (χ0v) is 43.3. The zero-order chi connectivity index (χ0) is 51.2. The predicted octanol–water partition coefficient (Wildman–Crippen LogP) is 6.53. The first kappa shape index (κ1) is 52.0. The van der Waals surface area contributed by atoms with Crippen LogP contribution >= 0.6 is 0 Å². The Balaban J connectivity index is 0.696. The number of aliphatic imine (C=N–C) groups is 2. The summed E-state index contributed by atoms with van der Waals surface area (Å²) in [7, 11) is 3.42. The highest BCUT2D eigenvalue weighted by Gasteiger charge is 2.64. The number of amidine groups is 1. The molecule has 8 rings (SSSR count). The first-order valence-electron chi connectivity index (χ1n) is 25.8. The van der Waals surface area contributed by atoms with Crippen molar-refractivity contribution in [3.8, 4) is 17.6 Å². The second-order valence-electron chi connectivity index (χ2n) is 20.9. The summed E-state index contributed by atoms with van der Waals surface area (Å²) in [6.45, 7) is 16.3.